The number of allylic oxidation sites excluding steroid dienone is 11. The number of aromatic nitrogens is 1. The van der Waals surface area contributed by atoms with Crippen LogP contribution in [0.3, 0.4) is 0 Å². The Bertz CT molecular complexity index is 2610. The molecule has 6 unspecified atom stereocenters. The lowest BCUT2D eigenvalue weighted by atomic mass is 9.80. The quantitative estimate of drug-likeness (QED) is 0.215. The predicted molar refractivity (Wildman–Crippen MR) is 231 cm³/mol. The number of nitrogens with zero attached hydrogens (tertiary/aromatic N) is 2. The summed E-state index contributed by atoms with van der Waals surface area (Å²) in [5.74, 6) is 1.80. The highest BCUT2D eigenvalue weighted by molar-refractivity contribution is 6.07. The molecule has 3 aromatic carbocycles. The van der Waals surface area contributed by atoms with Gasteiger partial charge in [-0.25, -0.2) is 4.99 Å². The largest absolute Gasteiger partial charge is 0.365 e. The second-order valence-electron chi connectivity index (χ2n) is 15.9. The lowest BCUT2D eigenvalue weighted by molar-refractivity contribution is 0.0642. The zero-order valence-corrected chi connectivity index (χ0v) is 31.5. The van der Waals surface area contributed by atoms with Gasteiger partial charge in [0.25, 0.3) is 0 Å². The molecule has 274 valence electrons. The van der Waals surface area contributed by atoms with Crippen LogP contribution < -0.4 is 5.32 Å². The molecule has 6 atom stereocenters. The molecule has 0 radical (unpaired) electrons. The summed E-state index contributed by atoms with van der Waals surface area (Å²) < 4.78 is 9.19. The monoisotopic (exact) mass is 727 g/mol. The van der Waals surface area contributed by atoms with Crippen molar-refractivity contribution in [2.75, 3.05) is 0 Å². The standard InChI is InChI=1S/C52H45N3O/c1-3-15-34(16-4-1)46-33-47(35-17-5-2-6-18-35)54-52(53-46)44-24-8-7-21-39(44)37-29-30-49-45(32-37)41-22-9-11-27-48(41)55(49)38-20-13-19-36(31-38)40-25-14-26-43-42-23-10-12-28-50(42)56-51(40)43/h1,3-5,7-8,10-15,17-21,23-34,40,42,46,50-51H,2,6,9,16,22H2,(H,53,54). The first-order chi connectivity index (χ1) is 27.8. The molecule has 1 saturated heterocycles. The van der Waals surface area contributed by atoms with Crippen molar-refractivity contribution in [1.82, 2.24) is 9.88 Å². The average molecular weight is 728 g/mol. The molecule has 0 bridgehead atoms. The third-order valence-electron chi connectivity index (χ3n) is 12.6. The second kappa shape index (κ2) is 14.0. The van der Waals surface area contributed by atoms with Crippen LogP contribution in [0.5, 0.6) is 0 Å². The summed E-state index contributed by atoms with van der Waals surface area (Å²) in [5, 5.41) is 5.21. The molecule has 0 spiro atoms. The topological polar surface area (TPSA) is 38.5 Å². The molecule has 4 aromatic rings. The number of nitrogens with one attached hydrogen (secondary N) is 1. The van der Waals surface area contributed by atoms with Crippen molar-refractivity contribution in [3.8, 4) is 16.8 Å². The molecule has 1 fully saturated rings. The fourth-order valence-electron chi connectivity index (χ4n) is 9.88. The summed E-state index contributed by atoms with van der Waals surface area (Å²) in [6.45, 7) is 0. The van der Waals surface area contributed by atoms with Crippen molar-refractivity contribution in [2.45, 2.75) is 56.3 Å². The summed E-state index contributed by atoms with van der Waals surface area (Å²) in [6, 6.07) is 25.2. The Balaban J connectivity index is 0.976. The zero-order valence-electron chi connectivity index (χ0n) is 31.5. The maximum Gasteiger partial charge on any atom is 0.135 e. The number of fused-ring (bicyclic) bond motifs is 6. The Kier molecular flexibility index (Phi) is 8.32. The van der Waals surface area contributed by atoms with E-state index in [0.717, 1.165) is 49.2 Å². The highest BCUT2D eigenvalue weighted by atomic mass is 16.5. The number of ether oxygens (including phenoxy) is 1. The molecule has 5 aliphatic carbocycles. The number of aryl methyl sites for hydroxylation is 1. The van der Waals surface area contributed by atoms with E-state index in [4.69, 9.17) is 9.73 Å². The van der Waals surface area contributed by atoms with Crippen LogP contribution in [0.2, 0.25) is 0 Å². The normalized spacial score (nSPS) is 26.9. The van der Waals surface area contributed by atoms with E-state index in [1.54, 1.807) is 0 Å². The van der Waals surface area contributed by atoms with Gasteiger partial charge in [0.05, 0.1) is 29.5 Å². The van der Waals surface area contributed by atoms with Crippen LogP contribution in [0, 0.1) is 11.8 Å². The molecule has 1 N–H and O–H groups in total. The summed E-state index contributed by atoms with van der Waals surface area (Å²) in [7, 11) is 0. The number of rotatable bonds is 6. The van der Waals surface area contributed by atoms with E-state index in [9.17, 15) is 0 Å². The molecule has 3 heterocycles. The minimum Gasteiger partial charge on any atom is -0.365 e. The number of amidine groups is 1. The highest BCUT2D eigenvalue weighted by Crippen LogP contribution is 2.45. The van der Waals surface area contributed by atoms with E-state index in [1.807, 2.05) is 0 Å². The molecule has 1 aromatic heterocycles. The maximum absolute atomic E-state index is 6.71. The van der Waals surface area contributed by atoms with Crippen molar-refractivity contribution in [3.63, 3.8) is 0 Å². The van der Waals surface area contributed by atoms with Gasteiger partial charge in [-0.3, -0.25) is 0 Å². The van der Waals surface area contributed by atoms with Gasteiger partial charge in [-0.05, 0) is 102 Å². The Labute approximate surface area is 329 Å². The lowest BCUT2D eigenvalue weighted by Crippen LogP contribution is -2.41. The summed E-state index contributed by atoms with van der Waals surface area (Å²) in [5.41, 5.74) is 13.6. The van der Waals surface area contributed by atoms with Gasteiger partial charge in [-0.2, -0.15) is 0 Å². The van der Waals surface area contributed by atoms with Crippen LogP contribution in [0.4, 0.5) is 0 Å². The van der Waals surface area contributed by atoms with Gasteiger partial charge in [0, 0.05) is 40.1 Å². The van der Waals surface area contributed by atoms with Gasteiger partial charge >= 0.3 is 0 Å². The fourth-order valence-corrected chi connectivity index (χ4v) is 9.88. The first-order valence-electron chi connectivity index (χ1n) is 20.5. The second-order valence-corrected chi connectivity index (χ2v) is 15.9. The van der Waals surface area contributed by atoms with E-state index >= 15 is 0 Å². The summed E-state index contributed by atoms with van der Waals surface area (Å²) in [4.78, 5) is 5.34. The van der Waals surface area contributed by atoms with Crippen molar-refractivity contribution >= 4 is 22.8 Å². The van der Waals surface area contributed by atoms with Crippen LogP contribution in [-0.4, -0.2) is 28.7 Å². The first-order valence-corrected chi connectivity index (χ1v) is 20.5. The van der Waals surface area contributed by atoms with Gasteiger partial charge in [0.2, 0.25) is 0 Å². The molecule has 2 aliphatic heterocycles. The van der Waals surface area contributed by atoms with Crippen LogP contribution in [0.1, 0.15) is 54.0 Å². The minimum absolute atomic E-state index is 0.0485. The lowest BCUT2D eigenvalue weighted by Gasteiger charge is -2.30. The highest BCUT2D eigenvalue weighted by Gasteiger charge is 2.42. The number of benzene rings is 3. The van der Waals surface area contributed by atoms with Crippen LogP contribution in [0.25, 0.3) is 33.8 Å². The van der Waals surface area contributed by atoms with E-state index in [-0.39, 0.29) is 24.2 Å². The molecule has 0 saturated carbocycles. The average Bonchev–Trinajstić information content (AvgIpc) is 3.83. The van der Waals surface area contributed by atoms with Gasteiger partial charge < -0.3 is 14.6 Å². The van der Waals surface area contributed by atoms with E-state index in [1.165, 1.54) is 55.7 Å². The molecule has 11 rings (SSSR count). The molecular formula is C52H45N3O. The SMILES string of the molecule is C1=CCC(C2C=C(C3=CCCC=C3)N=C(c3ccccc3-c3ccc4c(c3)c3c(n4-c4cccc(C5C=CC=C6C7C=CC=CC7OC65)c4)C=CCC3)N2)C=C1. The molecule has 4 nitrogen and oxygen atoms in total. The van der Waals surface area contributed by atoms with Gasteiger partial charge in [-0.1, -0.05) is 134 Å². The number of aliphatic imine (C=N–C) groups is 1. The van der Waals surface area contributed by atoms with Crippen molar-refractivity contribution < 1.29 is 4.74 Å². The van der Waals surface area contributed by atoms with Gasteiger partial charge in [0.1, 0.15) is 5.84 Å². The van der Waals surface area contributed by atoms with Crippen LogP contribution in [-0.2, 0) is 11.2 Å². The Morgan fingerprint density at radius 1 is 0.750 bits per heavy atom. The first kappa shape index (κ1) is 33.4. The van der Waals surface area contributed by atoms with E-state index in [0.29, 0.717) is 11.8 Å². The molecule has 7 aliphatic rings. The van der Waals surface area contributed by atoms with Crippen LogP contribution in [0.15, 0.2) is 186 Å². The third-order valence-corrected chi connectivity index (χ3v) is 12.6. The van der Waals surface area contributed by atoms with E-state index < -0.39 is 0 Å². The molecule has 4 heteroatoms. The smallest absolute Gasteiger partial charge is 0.135 e. The van der Waals surface area contributed by atoms with Gasteiger partial charge in [-0.15, -0.1) is 0 Å². The minimum atomic E-state index is 0.0485. The van der Waals surface area contributed by atoms with E-state index in [2.05, 4.69) is 180 Å². The summed E-state index contributed by atoms with van der Waals surface area (Å²) in [6.07, 6.45) is 43.8. The number of hydrogen-bond acceptors (Lipinski definition) is 3. The zero-order chi connectivity index (χ0) is 37.0. The fraction of sp³-hybridized carbons (Fsp3) is 0.212. The summed E-state index contributed by atoms with van der Waals surface area (Å²) >= 11 is 0. The van der Waals surface area contributed by atoms with Crippen LogP contribution >= 0.6 is 0 Å². The van der Waals surface area contributed by atoms with Crippen molar-refractivity contribution in [2.24, 2.45) is 16.8 Å². The molecule has 0 amide bonds. The Hall–Kier alpha value is -5.97. The third kappa shape index (κ3) is 5.74. The molecular weight excluding hydrogens is 683 g/mol. The number of hydrogen-bond donors (Lipinski definition) is 1. The Morgan fingerprint density at radius 3 is 2.55 bits per heavy atom. The van der Waals surface area contributed by atoms with Crippen molar-refractivity contribution in [3.05, 3.63) is 203 Å². The maximum atomic E-state index is 6.71. The van der Waals surface area contributed by atoms with Gasteiger partial charge in [0.15, 0.2) is 0 Å². The Morgan fingerprint density at radius 2 is 1.64 bits per heavy atom. The molecule has 56 heavy (non-hydrogen) atoms. The van der Waals surface area contributed by atoms with Crippen molar-refractivity contribution in [1.29, 1.82) is 0 Å². The predicted octanol–water partition coefficient (Wildman–Crippen LogP) is 11.4.